The molecule has 1 atom stereocenters. The summed E-state index contributed by atoms with van der Waals surface area (Å²) in [5, 5.41) is 5.07. The summed E-state index contributed by atoms with van der Waals surface area (Å²) in [5.74, 6) is 1.73. The molecule has 0 spiro atoms. The standard InChI is InChI=1S/C19H28N4O2S/c1-4-14(2)20-18(24)13-23-9-7-22(8-10-23)12-16-15(3)25-19(21-16)17-6-5-11-26-17/h5-6,11,14H,4,7-10,12-13H2,1-3H3,(H,20,24). The van der Waals surface area contributed by atoms with Gasteiger partial charge in [-0.1, -0.05) is 13.0 Å². The van der Waals surface area contributed by atoms with Crippen LogP contribution in [0.4, 0.5) is 0 Å². The second-order valence-electron chi connectivity index (χ2n) is 6.93. The molecule has 1 aliphatic heterocycles. The Morgan fingerprint density at radius 3 is 2.73 bits per heavy atom. The number of aromatic nitrogens is 1. The number of carbonyl (C=O) groups excluding carboxylic acids is 1. The van der Waals surface area contributed by atoms with E-state index in [1.807, 2.05) is 31.4 Å². The predicted molar refractivity (Wildman–Crippen MR) is 104 cm³/mol. The Labute approximate surface area is 159 Å². The second-order valence-corrected chi connectivity index (χ2v) is 7.88. The van der Waals surface area contributed by atoms with Crippen LogP contribution in [-0.4, -0.2) is 59.5 Å². The first kappa shape index (κ1) is 19.1. The zero-order valence-electron chi connectivity index (χ0n) is 15.8. The number of piperazine rings is 1. The average Bonchev–Trinajstić information content (AvgIpc) is 3.27. The van der Waals surface area contributed by atoms with E-state index in [0.717, 1.165) is 55.5 Å². The SMILES string of the molecule is CCC(C)NC(=O)CN1CCN(Cc2nc(-c3cccs3)oc2C)CC1. The van der Waals surface area contributed by atoms with Crippen LogP contribution >= 0.6 is 11.3 Å². The van der Waals surface area contributed by atoms with E-state index in [9.17, 15) is 4.79 Å². The molecule has 1 aliphatic rings. The third kappa shape index (κ3) is 4.93. The molecule has 2 aromatic heterocycles. The van der Waals surface area contributed by atoms with Crippen LogP contribution in [-0.2, 0) is 11.3 Å². The molecule has 0 aliphatic carbocycles. The fourth-order valence-electron chi connectivity index (χ4n) is 3.02. The molecule has 142 valence electrons. The Hall–Kier alpha value is -1.70. The van der Waals surface area contributed by atoms with Gasteiger partial charge in [0.25, 0.3) is 0 Å². The maximum atomic E-state index is 12.0. The molecule has 1 amide bonds. The Kier molecular flexibility index (Phi) is 6.45. The quantitative estimate of drug-likeness (QED) is 0.805. The van der Waals surface area contributed by atoms with Gasteiger partial charge in [0.1, 0.15) is 5.76 Å². The van der Waals surface area contributed by atoms with E-state index in [4.69, 9.17) is 4.42 Å². The number of rotatable bonds is 7. The van der Waals surface area contributed by atoms with Gasteiger partial charge in [0.15, 0.2) is 0 Å². The molecule has 7 heteroatoms. The van der Waals surface area contributed by atoms with Crippen LogP contribution in [0.3, 0.4) is 0 Å². The van der Waals surface area contributed by atoms with Crippen molar-refractivity contribution < 1.29 is 9.21 Å². The van der Waals surface area contributed by atoms with Gasteiger partial charge in [0, 0.05) is 38.8 Å². The van der Waals surface area contributed by atoms with Crippen molar-refractivity contribution in [3.8, 4) is 10.8 Å². The number of thiophene rings is 1. The van der Waals surface area contributed by atoms with Crippen LogP contribution in [0.25, 0.3) is 10.8 Å². The highest BCUT2D eigenvalue weighted by molar-refractivity contribution is 7.13. The van der Waals surface area contributed by atoms with Gasteiger partial charge in [0.2, 0.25) is 11.8 Å². The number of hydrogen-bond acceptors (Lipinski definition) is 6. The largest absolute Gasteiger partial charge is 0.440 e. The molecule has 2 aromatic rings. The van der Waals surface area contributed by atoms with E-state index in [1.165, 1.54) is 0 Å². The summed E-state index contributed by atoms with van der Waals surface area (Å²) in [6.07, 6.45) is 0.962. The molecule has 1 fully saturated rings. The first-order valence-electron chi connectivity index (χ1n) is 9.29. The van der Waals surface area contributed by atoms with Crippen LogP contribution in [0.15, 0.2) is 21.9 Å². The van der Waals surface area contributed by atoms with Crippen molar-refractivity contribution >= 4 is 17.2 Å². The Bertz CT molecular complexity index is 705. The van der Waals surface area contributed by atoms with E-state index in [2.05, 4.69) is 27.0 Å². The highest BCUT2D eigenvalue weighted by Crippen LogP contribution is 2.26. The lowest BCUT2D eigenvalue weighted by molar-refractivity contribution is -0.123. The van der Waals surface area contributed by atoms with Crippen molar-refractivity contribution in [2.24, 2.45) is 0 Å². The maximum Gasteiger partial charge on any atom is 0.236 e. The molecule has 1 N–H and O–H groups in total. The number of aryl methyl sites for hydroxylation is 1. The highest BCUT2D eigenvalue weighted by Gasteiger charge is 2.21. The highest BCUT2D eigenvalue weighted by atomic mass is 32.1. The molecule has 0 saturated carbocycles. The van der Waals surface area contributed by atoms with E-state index < -0.39 is 0 Å². The van der Waals surface area contributed by atoms with Gasteiger partial charge in [-0.25, -0.2) is 4.98 Å². The van der Waals surface area contributed by atoms with Crippen molar-refractivity contribution in [3.05, 3.63) is 29.0 Å². The van der Waals surface area contributed by atoms with Crippen LogP contribution < -0.4 is 5.32 Å². The van der Waals surface area contributed by atoms with Crippen LogP contribution in [0.1, 0.15) is 31.7 Å². The molecular formula is C19H28N4O2S. The second kappa shape index (κ2) is 8.79. The van der Waals surface area contributed by atoms with Gasteiger partial charge >= 0.3 is 0 Å². The minimum atomic E-state index is 0.126. The number of oxazole rings is 1. The van der Waals surface area contributed by atoms with Gasteiger partial charge in [-0.15, -0.1) is 11.3 Å². The fourth-order valence-corrected chi connectivity index (χ4v) is 3.67. The van der Waals surface area contributed by atoms with Crippen LogP contribution in [0, 0.1) is 6.92 Å². The first-order chi connectivity index (χ1) is 12.5. The van der Waals surface area contributed by atoms with Gasteiger partial charge < -0.3 is 9.73 Å². The first-order valence-corrected chi connectivity index (χ1v) is 10.2. The molecule has 0 aromatic carbocycles. The topological polar surface area (TPSA) is 61.6 Å². The third-order valence-electron chi connectivity index (χ3n) is 4.85. The summed E-state index contributed by atoms with van der Waals surface area (Å²) in [6, 6.07) is 4.29. The molecule has 0 radical (unpaired) electrons. The third-order valence-corrected chi connectivity index (χ3v) is 5.71. The molecule has 1 unspecified atom stereocenters. The minimum Gasteiger partial charge on any atom is -0.440 e. The van der Waals surface area contributed by atoms with Gasteiger partial charge in [0.05, 0.1) is 17.1 Å². The number of amides is 1. The van der Waals surface area contributed by atoms with Crippen molar-refractivity contribution in [2.45, 2.75) is 39.8 Å². The summed E-state index contributed by atoms with van der Waals surface area (Å²) in [4.78, 5) is 22.4. The number of nitrogens with one attached hydrogen (secondary N) is 1. The van der Waals surface area contributed by atoms with E-state index in [0.29, 0.717) is 12.4 Å². The molecule has 3 heterocycles. The maximum absolute atomic E-state index is 12.0. The van der Waals surface area contributed by atoms with Gasteiger partial charge in [-0.2, -0.15) is 0 Å². The van der Waals surface area contributed by atoms with Gasteiger partial charge in [-0.05, 0) is 31.7 Å². The van der Waals surface area contributed by atoms with Crippen LogP contribution in [0.2, 0.25) is 0 Å². The summed E-state index contributed by atoms with van der Waals surface area (Å²) in [6.45, 7) is 11.1. The molecular weight excluding hydrogens is 348 g/mol. The lowest BCUT2D eigenvalue weighted by Gasteiger charge is -2.34. The fraction of sp³-hybridized carbons (Fsp3) is 0.579. The number of nitrogens with zero attached hydrogens (tertiary/aromatic N) is 3. The zero-order chi connectivity index (χ0) is 18.5. The van der Waals surface area contributed by atoms with Crippen molar-refractivity contribution in [2.75, 3.05) is 32.7 Å². The average molecular weight is 377 g/mol. The zero-order valence-corrected chi connectivity index (χ0v) is 16.6. The Morgan fingerprint density at radius 2 is 2.08 bits per heavy atom. The lowest BCUT2D eigenvalue weighted by atomic mass is 10.2. The summed E-state index contributed by atoms with van der Waals surface area (Å²) in [5.41, 5.74) is 1.01. The van der Waals surface area contributed by atoms with Crippen molar-refractivity contribution in [1.29, 1.82) is 0 Å². The minimum absolute atomic E-state index is 0.126. The van der Waals surface area contributed by atoms with E-state index >= 15 is 0 Å². The summed E-state index contributed by atoms with van der Waals surface area (Å²) in [7, 11) is 0. The monoisotopic (exact) mass is 376 g/mol. The number of carbonyl (C=O) groups is 1. The molecule has 3 rings (SSSR count). The van der Waals surface area contributed by atoms with Crippen molar-refractivity contribution in [1.82, 2.24) is 20.1 Å². The Morgan fingerprint density at radius 1 is 1.35 bits per heavy atom. The lowest BCUT2D eigenvalue weighted by Crippen LogP contribution is -2.50. The Balaban J connectivity index is 1.48. The summed E-state index contributed by atoms with van der Waals surface area (Å²) < 4.78 is 5.83. The normalized spacial score (nSPS) is 17.3. The van der Waals surface area contributed by atoms with E-state index in [1.54, 1.807) is 11.3 Å². The summed E-state index contributed by atoms with van der Waals surface area (Å²) >= 11 is 1.64. The van der Waals surface area contributed by atoms with Crippen LogP contribution in [0.5, 0.6) is 0 Å². The predicted octanol–water partition coefficient (Wildman–Crippen LogP) is 2.74. The smallest absolute Gasteiger partial charge is 0.236 e. The molecule has 26 heavy (non-hydrogen) atoms. The molecule has 1 saturated heterocycles. The number of hydrogen-bond donors (Lipinski definition) is 1. The molecule has 6 nitrogen and oxygen atoms in total. The van der Waals surface area contributed by atoms with E-state index in [-0.39, 0.29) is 11.9 Å². The van der Waals surface area contributed by atoms with Crippen molar-refractivity contribution in [3.63, 3.8) is 0 Å². The van der Waals surface area contributed by atoms with Gasteiger partial charge in [-0.3, -0.25) is 14.6 Å². The molecule has 0 bridgehead atoms.